The fraction of sp³-hybridized carbons (Fsp3) is 0.296. The summed E-state index contributed by atoms with van der Waals surface area (Å²) in [4.78, 5) is 24.8. The molecular formula is C27H28N8O. The number of hydrogen-bond donors (Lipinski definition) is 2. The maximum atomic E-state index is 5.42. The Morgan fingerprint density at radius 2 is 1.78 bits per heavy atom. The monoisotopic (exact) mass is 480 g/mol. The summed E-state index contributed by atoms with van der Waals surface area (Å²) in [6.07, 6.45) is 5.47. The number of anilines is 3. The first kappa shape index (κ1) is 23.6. The molecule has 1 saturated heterocycles. The topological polar surface area (TPSA) is 101 Å². The first-order valence-electron chi connectivity index (χ1n) is 11.9. The second kappa shape index (κ2) is 10.6. The van der Waals surface area contributed by atoms with E-state index in [1.54, 1.807) is 12.4 Å². The van der Waals surface area contributed by atoms with Crippen molar-refractivity contribution in [3.05, 3.63) is 71.2 Å². The molecule has 0 bridgehead atoms. The van der Waals surface area contributed by atoms with Crippen LogP contribution in [0.3, 0.4) is 0 Å². The molecule has 9 nitrogen and oxygen atoms in total. The van der Waals surface area contributed by atoms with Crippen molar-refractivity contribution in [1.82, 2.24) is 29.8 Å². The van der Waals surface area contributed by atoms with Crippen molar-refractivity contribution in [3.8, 4) is 11.8 Å². The summed E-state index contributed by atoms with van der Waals surface area (Å²) in [5.41, 5.74) is 3.57. The second-order valence-electron chi connectivity index (χ2n) is 8.64. The summed E-state index contributed by atoms with van der Waals surface area (Å²) in [6, 6.07) is 7.91. The molecule has 0 amide bonds. The van der Waals surface area contributed by atoms with Crippen molar-refractivity contribution in [2.24, 2.45) is 0 Å². The molecule has 0 aliphatic carbocycles. The van der Waals surface area contributed by atoms with Crippen LogP contribution in [0.2, 0.25) is 0 Å². The largest absolute Gasteiger partial charge is 0.379 e. The lowest BCUT2D eigenvalue weighted by atomic mass is 10.1. The molecule has 1 fully saturated rings. The van der Waals surface area contributed by atoms with Crippen molar-refractivity contribution < 1.29 is 4.74 Å². The molecule has 1 aliphatic rings. The van der Waals surface area contributed by atoms with Gasteiger partial charge in [-0.25, -0.2) is 24.9 Å². The molecule has 5 rings (SSSR count). The third-order valence-corrected chi connectivity index (χ3v) is 5.89. The van der Waals surface area contributed by atoms with Gasteiger partial charge in [-0.2, -0.15) is 0 Å². The number of aromatic nitrogens is 5. The molecule has 4 aromatic rings. The van der Waals surface area contributed by atoms with Crippen LogP contribution >= 0.6 is 0 Å². The minimum Gasteiger partial charge on any atom is -0.379 e. The summed E-state index contributed by atoms with van der Waals surface area (Å²) in [5.74, 6) is 9.26. The lowest BCUT2D eigenvalue weighted by molar-refractivity contribution is 0.0341. The number of hydrogen-bond acceptors (Lipinski definition) is 9. The van der Waals surface area contributed by atoms with Crippen molar-refractivity contribution in [3.63, 3.8) is 0 Å². The Hall–Kier alpha value is -4.13. The van der Waals surface area contributed by atoms with Crippen LogP contribution in [-0.2, 0) is 11.3 Å². The molecule has 1 aliphatic heterocycles. The predicted octanol–water partition coefficient (Wildman–Crippen LogP) is 3.45. The zero-order valence-electron chi connectivity index (χ0n) is 20.7. The zero-order valence-corrected chi connectivity index (χ0v) is 20.7. The summed E-state index contributed by atoms with van der Waals surface area (Å²) < 4.78 is 5.42. The number of fused-ring (bicyclic) bond motifs is 1. The second-order valence-corrected chi connectivity index (χ2v) is 8.64. The highest BCUT2D eigenvalue weighted by molar-refractivity contribution is 5.96. The summed E-state index contributed by atoms with van der Waals surface area (Å²) in [7, 11) is 1.84. The van der Waals surface area contributed by atoms with Gasteiger partial charge in [-0.15, -0.1) is 0 Å². The van der Waals surface area contributed by atoms with Gasteiger partial charge in [0.05, 0.1) is 18.8 Å². The van der Waals surface area contributed by atoms with Crippen molar-refractivity contribution in [2.45, 2.75) is 20.4 Å². The fourth-order valence-corrected chi connectivity index (χ4v) is 4.16. The van der Waals surface area contributed by atoms with Crippen molar-refractivity contribution >= 4 is 28.2 Å². The molecule has 0 atom stereocenters. The van der Waals surface area contributed by atoms with Gasteiger partial charge < -0.3 is 15.4 Å². The molecule has 0 saturated carbocycles. The van der Waals surface area contributed by atoms with Crippen molar-refractivity contribution in [2.75, 3.05) is 44.0 Å². The first-order valence-corrected chi connectivity index (χ1v) is 11.9. The van der Waals surface area contributed by atoms with Gasteiger partial charge in [0, 0.05) is 67.8 Å². The van der Waals surface area contributed by atoms with Crippen LogP contribution in [0.4, 0.5) is 17.5 Å². The summed E-state index contributed by atoms with van der Waals surface area (Å²) in [5, 5.41) is 8.23. The van der Waals surface area contributed by atoms with E-state index in [0.29, 0.717) is 23.2 Å². The Morgan fingerprint density at radius 3 is 2.53 bits per heavy atom. The van der Waals surface area contributed by atoms with Crippen LogP contribution in [0, 0.1) is 25.7 Å². The van der Waals surface area contributed by atoms with E-state index >= 15 is 0 Å². The van der Waals surface area contributed by atoms with E-state index in [-0.39, 0.29) is 0 Å². The van der Waals surface area contributed by atoms with E-state index in [4.69, 9.17) is 4.74 Å². The van der Waals surface area contributed by atoms with Gasteiger partial charge in [0.1, 0.15) is 29.0 Å². The molecule has 0 unspecified atom stereocenters. The molecule has 9 heteroatoms. The highest BCUT2D eigenvalue weighted by Crippen LogP contribution is 2.26. The van der Waals surface area contributed by atoms with Gasteiger partial charge >= 0.3 is 0 Å². The fourth-order valence-electron chi connectivity index (χ4n) is 4.16. The molecule has 5 heterocycles. The Balaban J connectivity index is 1.41. The molecule has 0 spiro atoms. The van der Waals surface area contributed by atoms with Gasteiger partial charge in [-0.3, -0.25) is 4.90 Å². The number of aryl methyl sites for hydroxylation is 2. The van der Waals surface area contributed by atoms with E-state index in [1.165, 1.54) is 5.56 Å². The van der Waals surface area contributed by atoms with E-state index < -0.39 is 0 Å². The molecule has 0 radical (unpaired) electrons. The SMILES string of the molecule is CNc1ncc(C#Cc2ccc(CN3CCOCC3)cn2)c2cc(Nc3cc(C)nc(C)n3)ncc12. The summed E-state index contributed by atoms with van der Waals surface area (Å²) >= 11 is 0. The van der Waals surface area contributed by atoms with E-state index in [0.717, 1.165) is 60.7 Å². The highest BCUT2D eigenvalue weighted by atomic mass is 16.5. The van der Waals surface area contributed by atoms with Gasteiger partial charge in [-0.05, 0) is 37.5 Å². The maximum Gasteiger partial charge on any atom is 0.135 e. The minimum absolute atomic E-state index is 0.668. The van der Waals surface area contributed by atoms with Crippen LogP contribution in [-0.4, -0.2) is 63.2 Å². The average Bonchev–Trinajstić information content (AvgIpc) is 2.88. The number of morpholine rings is 1. The zero-order chi connectivity index (χ0) is 24.9. The van der Waals surface area contributed by atoms with Crippen LogP contribution in [0.25, 0.3) is 10.8 Å². The lowest BCUT2D eigenvalue weighted by Crippen LogP contribution is -2.35. The maximum absolute atomic E-state index is 5.42. The van der Waals surface area contributed by atoms with Gasteiger partial charge in [0.2, 0.25) is 0 Å². The Kier molecular flexibility index (Phi) is 6.98. The third-order valence-electron chi connectivity index (χ3n) is 5.89. The van der Waals surface area contributed by atoms with Gasteiger partial charge in [0.15, 0.2) is 0 Å². The quantitative estimate of drug-likeness (QED) is 0.416. The Labute approximate surface area is 210 Å². The first-order chi connectivity index (χ1) is 17.6. The molecular weight excluding hydrogens is 452 g/mol. The summed E-state index contributed by atoms with van der Waals surface area (Å²) in [6.45, 7) is 8.16. The Bertz CT molecular complexity index is 1420. The molecule has 4 aromatic heterocycles. The van der Waals surface area contributed by atoms with Gasteiger partial charge in [0.25, 0.3) is 0 Å². The van der Waals surface area contributed by atoms with Crippen LogP contribution in [0.1, 0.15) is 28.3 Å². The van der Waals surface area contributed by atoms with Gasteiger partial charge in [-0.1, -0.05) is 12.0 Å². The average molecular weight is 481 g/mol. The van der Waals surface area contributed by atoms with Crippen LogP contribution in [0.5, 0.6) is 0 Å². The number of nitrogens with zero attached hydrogens (tertiary/aromatic N) is 6. The van der Waals surface area contributed by atoms with E-state index in [2.05, 4.69) is 58.4 Å². The van der Waals surface area contributed by atoms with Crippen LogP contribution in [0.15, 0.2) is 42.9 Å². The normalized spacial score (nSPS) is 13.8. The molecule has 182 valence electrons. The van der Waals surface area contributed by atoms with Crippen LogP contribution < -0.4 is 10.6 Å². The third kappa shape index (κ3) is 5.57. The molecule has 0 aromatic carbocycles. The number of rotatable bonds is 5. The molecule has 2 N–H and O–H groups in total. The lowest BCUT2D eigenvalue weighted by Gasteiger charge is -2.26. The molecule has 36 heavy (non-hydrogen) atoms. The van der Waals surface area contributed by atoms with Crippen molar-refractivity contribution in [1.29, 1.82) is 0 Å². The Morgan fingerprint density at radius 1 is 0.917 bits per heavy atom. The number of nitrogens with one attached hydrogen (secondary N) is 2. The standard InChI is InChI=1S/C27H28N8O/c1-18-12-26(33-19(2)32-18)34-25-13-23-21(15-31-27(28-3)24(23)16-30-25)5-7-22-6-4-20(14-29-22)17-35-8-10-36-11-9-35/h4,6,12-16H,8-11,17H2,1-3H3,(H,28,31)(H,30,32,33,34). The predicted molar refractivity (Wildman–Crippen MR) is 140 cm³/mol. The van der Waals surface area contributed by atoms with E-state index in [9.17, 15) is 0 Å². The highest BCUT2D eigenvalue weighted by Gasteiger charge is 2.11. The van der Waals surface area contributed by atoms with E-state index in [1.807, 2.05) is 45.3 Å². The number of ether oxygens (including phenoxy) is 1. The minimum atomic E-state index is 0.668. The smallest absolute Gasteiger partial charge is 0.135 e. The number of pyridine rings is 3.